The fourth-order valence-corrected chi connectivity index (χ4v) is 2.57. The summed E-state index contributed by atoms with van der Waals surface area (Å²) >= 11 is 0. The number of hydrogen-bond donors (Lipinski definition) is 1. The molecule has 0 aromatic carbocycles. The molecule has 1 aliphatic heterocycles. The van der Waals surface area contributed by atoms with E-state index in [-0.39, 0.29) is 5.91 Å². The molecule has 0 radical (unpaired) electrons. The zero-order chi connectivity index (χ0) is 13.1. The highest BCUT2D eigenvalue weighted by Crippen LogP contribution is 2.22. The van der Waals surface area contributed by atoms with Gasteiger partial charge in [0.1, 0.15) is 5.82 Å². The third-order valence-electron chi connectivity index (χ3n) is 3.30. The van der Waals surface area contributed by atoms with E-state index in [1.165, 1.54) is 6.42 Å². The smallest absolute Gasteiger partial charge is 0.274 e. The molecule has 1 aromatic heterocycles. The molecule has 2 atom stereocenters. The van der Waals surface area contributed by atoms with Crippen molar-refractivity contribution in [3.63, 3.8) is 0 Å². The zero-order valence-corrected chi connectivity index (χ0v) is 11.2. The van der Waals surface area contributed by atoms with Gasteiger partial charge in [-0.3, -0.25) is 4.79 Å². The molecule has 5 nitrogen and oxygen atoms in total. The lowest BCUT2D eigenvalue weighted by molar-refractivity contribution is 0.0616. The SMILES string of the molecule is CNc1ccc(C(=O)N2CC(C)CC(C)C2)nn1. The van der Waals surface area contributed by atoms with E-state index in [1.807, 2.05) is 4.90 Å². The third-order valence-corrected chi connectivity index (χ3v) is 3.30. The number of nitrogens with one attached hydrogen (secondary N) is 1. The number of nitrogens with zero attached hydrogens (tertiary/aromatic N) is 3. The van der Waals surface area contributed by atoms with Gasteiger partial charge in [-0.05, 0) is 30.4 Å². The van der Waals surface area contributed by atoms with Crippen LogP contribution in [-0.2, 0) is 0 Å². The molecular formula is C13H20N4O. The maximum atomic E-state index is 12.3. The van der Waals surface area contributed by atoms with Crippen LogP contribution < -0.4 is 5.32 Å². The highest BCUT2D eigenvalue weighted by Gasteiger charge is 2.26. The largest absolute Gasteiger partial charge is 0.372 e. The Balaban J connectivity index is 2.09. The van der Waals surface area contributed by atoms with Crippen LogP contribution in [-0.4, -0.2) is 41.1 Å². The predicted octanol–water partition coefficient (Wildman–Crippen LogP) is 1.64. The van der Waals surface area contributed by atoms with Gasteiger partial charge in [0.25, 0.3) is 5.91 Å². The van der Waals surface area contributed by atoms with Crippen LogP contribution in [0.5, 0.6) is 0 Å². The summed E-state index contributed by atoms with van der Waals surface area (Å²) in [6, 6.07) is 3.50. The van der Waals surface area contributed by atoms with Gasteiger partial charge in [-0.2, -0.15) is 0 Å². The fraction of sp³-hybridized carbons (Fsp3) is 0.615. The molecule has 1 aliphatic rings. The molecule has 1 N–H and O–H groups in total. The number of hydrogen-bond acceptors (Lipinski definition) is 4. The molecule has 0 aliphatic carbocycles. The number of likely N-dealkylation sites (tertiary alicyclic amines) is 1. The average Bonchev–Trinajstić information content (AvgIpc) is 2.37. The Labute approximate surface area is 108 Å². The van der Waals surface area contributed by atoms with E-state index in [2.05, 4.69) is 29.4 Å². The van der Waals surface area contributed by atoms with Gasteiger partial charge in [-0.25, -0.2) is 0 Å². The zero-order valence-electron chi connectivity index (χ0n) is 11.2. The van der Waals surface area contributed by atoms with E-state index in [0.29, 0.717) is 23.3 Å². The molecule has 1 saturated heterocycles. The second kappa shape index (κ2) is 5.33. The lowest BCUT2D eigenvalue weighted by atomic mass is 9.92. The molecule has 1 amide bonds. The molecule has 2 rings (SSSR count). The molecule has 1 fully saturated rings. The van der Waals surface area contributed by atoms with E-state index in [9.17, 15) is 4.79 Å². The number of amides is 1. The van der Waals surface area contributed by atoms with Crippen molar-refractivity contribution in [2.75, 3.05) is 25.5 Å². The Hall–Kier alpha value is -1.65. The normalized spacial score (nSPS) is 23.8. The van der Waals surface area contributed by atoms with Crippen LogP contribution in [0, 0.1) is 11.8 Å². The van der Waals surface area contributed by atoms with Crippen LogP contribution in [0.3, 0.4) is 0 Å². The standard InChI is InChI=1S/C13H20N4O/c1-9-6-10(2)8-17(7-9)13(18)11-4-5-12(14-3)16-15-11/h4-5,9-10H,6-8H2,1-3H3,(H,14,16). The Kier molecular flexibility index (Phi) is 3.79. The summed E-state index contributed by atoms with van der Waals surface area (Å²) in [5.41, 5.74) is 0.426. The highest BCUT2D eigenvalue weighted by atomic mass is 16.2. The van der Waals surface area contributed by atoms with Crippen molar-refractivity contribution in [1.29, 1.82) is 0 Å². The summed E-state index contributed by atoms with van der Waals surface area (Å²) in [7, 11) is 1.78. The number of rotatable bonds is 2. The summed E-state index contributed by atoms with van der Waals surface area (Å²) in [4.78, 5) is 14.2. The summed E-state index contributed by atoms with van der Waals surface area (Å²) in [5, 5.41) is 10.8. The minimum Gasteiger partial charge on any atom is -0.372 e. The van der Waals surface area contributed by atoms with E-state index < -0.39 is 0 Å². The lowest BCUT2D eigenvalue weighted by Crippen LogP contribution is -2.42. The summed E-state index contributed by atoms with van der Waals surface area (Å²) in [5.74, 6) is 1.78. The molecule has 18 heavy (non-hydrogen) atoms. The molecule has 2 heterocycles. The minimum absolute atomic E-state index is 0.0106. The first-order valence-corrected chi connectivity index (χ1v) is 6.41. The summed E-state index contributed by atoms with van der Waals surface area (Å²) in [6.07, 6.45) is 1.19. The highest BCUT2D eigenvalue weighted by molar-refractivity contribution is 5.92. The molecule has 2 unspecified atom stereocenters. The first-order chi connectivity index (χ1) is 8.60. The summed E-state index contributed by atoms with van der Waals surface area (Å²) in [6.45, 7) is 6.01. The van der Waals surface area contributed by atoms with Gasteiger partial charge in [-0.1, -0.05) is 13.8 Å². The Morgan fingerprint density at radius 2 is 1.94 bits per heavy atom. The quantitative estimate of drug-likeness (QED) is 0.864. The van der Waals surface area contributed by atoms with Crippen LogP contribution >= 0.6 is 0 Å². The van der Waals surface area contributed by atoms with Crippen molar-refractivity contribution in [1.82, 2.24) is 15.1 Å². The Morgan fingerprint density at radius 3 is 2.44 bits per heavy atom. The fourth-order valence-electron chi connectivity index (χ4n) is 2.57. The van der Waals surface area contributed by atoms with Crippen LogP contribution in [0.2, 0.25) is 0 Å². The van der Waals surface area contributed by atoms with Gasteiger partial charge in [-0.15, -0.1) is 10.2 Å². The molecule has 0 bridgehead atoms. The van der Waals surface area contributed by atoms with Crippen molar-refractivity contribution in [2.24, 2.45) is 11.8 Å². The van der Waals surface area contributed by atoms with E-state index >= 15 is 0 Å². The minimum atomic E-state index is -0.0106. The van der Waals surface area contributed by atoms with Gasteiger partial charge < -0.3 is 10.2 Å². The van der Waals surface area contributed by atoms with E-state index in [4.69, 9.17) is 0 Å². The number of anilines is 1. The van der Waals surface area contributed by atoms with Crippen LogP contribution in [0.1, 0.15) is 30.8 Å². The monoisotopic (exact) mass is 248 g/mol. The van der Waals surface area contributed by atoms with Crippen LogP contribution in [0.15, 0.2) is 12.1 Å². The average molecular weight is 248 g/mol. The number of carbonyl (C=O) groups excluding carboxylic acids is 1. The molecule has 1 aromatic rings. The molecular weight excluding hydrogens is 228 g/mol. The van der Waals surface area contributed by atoms with Crippen molar-refractivity contribution in [3.05, 3.63) is 17.8 Å². The maximum Gasteiger partial charge on any atom is 0.274 e. The maximum absolute atomic E-state index is 12.3. The summed E-state index contributed by atoms with van der Waals surface area (Å²) < 4.78 is 0. The number of piperidine rings is 1. The first-order valence-electron chi connectivity index (χ1n) is 6.41. The second-order valence-corrected chi connectivity index (χ2v) is 5.21. The number of carbonyl (C=O) groups is 1. The topological polar surface area (TPSA) is 58.1 Å². The van der Waals surface area contributed by atoms with Gasteiger partial charge in [0.2, 0.25) is 0 Å². The van der Waals surface area contributed by atoms with E-state index in [0.717, 1.165) is 13.1 Å². The number of aromatic nitrogens is 2. The van der Waals surface area contributed by atoms with Crippen LogP contribution in [0.25, 0.3) is 0 Å². The molecule has 98 valence electrons. The van der Waals surface area contributed by atoms with Gasteiger partial charge in [0, 0.05) is 20.1 Å². The van der Waals surface area contributed by atoms with Gasteiger partial charge in [0.05, 0.1) is 0 Å². The molecule has 5 heteroatoms. The van der Waals surface area contributed by atoms with Crippen molar-refractivity contribution in [2.45, 2.75) is 20.3 Å². The van der Waals surface area contributed by atoms with Gasteiger partial charge >= 0.3 is 0 Å². The van der Waals surface area contributed by atoms with E-state index in [1.54, 1.807) is 19.2 Å². The predicted molar refractivity (Wildman–Crippen MR) is 70.4 cm³/mol. The van der Waals surface area contributed by atoms with Crippen molar-refractivity contribution < 1.29 is 4.79 Å². The third kappa shape index (κ3) is 2.78. The molecule has 0 saturated carbocycles. The first kappa shape index (κ1) is 12.8. The lowest BCUT2D eigenvalue weighted by Gasteiger charge is -2.34. The van der Waals surface area contributed by atoms with Crippen LogP contribution in [0.4, 0.5) is 5.82 Å². The van der Waals surface area contributed by atoms with Crippen molar-refractivity contribution in [3.8, 4) is 0 Å². The molecule has 0 spiro atoms. The van der Waals surface area contributed by atoms with Crippen molar-refractivity contribution >= 4 is 11.7 Å². The van der Waals surface area contributed by atoms with Gasteiger partial charge in [0.15, 0.2) is 5.69 Å². The Morgan fingerprint density at radius 1 is 1.28 bits per heavy atom. The Bertz CT molecular complexity index is 408. The second-order valence-electron chi connectivity index (χ2n) is 5.21.